The number of hydrogen-bond acceptors (Lipinski definition) is 6. The molecule has 2 atom stereocenters. The summed E-state index contributed by atoms with van der Waals surface area (Å²) in [5.74, 6) is -1.87. The summed E-state index contributed by atoms with van der Waals surface area (Å²) in [6, 6.07) is 21.2. The van der Waals surface area contributed by atoms with Crippen molar-refractivity contribution >= 4 is 36.5 Å². The molecule has 0 saturated carbocycles. The number of carboxylic acid groups (broad SMARTS) is 1. The molecular weight excluding hydrogens is 522 g/mol. The number of sulfone groups is 2. The Morgan fingerprint density at radius 2 is 1.58 bits per heavy atom. The van der Waals surface area contributed by atoms with Gasteiger partial charge >= 0.3 is 5.97 Å². The van der Waals surface area contributed by atoms with E-state index in [1.165, 1.54) is 18.4 Å². The lowest BCUT2D eigenvalue weighted by Gasteiger charge is -2.16. The molecule has 7 nitrogen and oxygen atoms in total. The van der Waals surface area contributed by atoms with Gasteiger partial charge in [0.1, 0.15) is 9.84 Å². The van der Waals surface area contributed by atoms with Crippen LogP contribution in [-0.2, 0) is 37.3 Å². The van der Waals surface area contributed by atoms with E-state index >= 15 is 0 Å². The molecule has 1 N–H and O–H groups in total. The quantitative estimate of drug-likeness (QED) is 0.321. The summed E-state index contributed by atoms with van der Waals surface area (Å²) in [4.78, 5) is 16.9. The van der Waals surface area contributed by atoms with E-state index in [9.17, 15) is 26.7 Å². The monoisotopic (exact) mass is 551 g/mol. The predicted octanol–water partition coefficient (Wildman–Crippen LogP) is 4.69. The van der Waals surface area contributed by atoms with Crippen LogP contribution < -0.4 is 0 Å². The Morgan fingerprint density at radius 1 is 0.868 bits per heavy atom. The lowest BCUT2D eigenvalue weighted by atomic mass is 9.90. The van der Waals surface area contributed by atoms with E-state index in [0.717, 1.165) is 39.4 Å². The molecule has 2 unspecified atom stereocenters. The lowest BCUT2D eigenvalue weighted by Crippen LogP contribution is -2.18. The molecule has 0 bridgehead atoms. The molecule has 0 aliphatic carbocycles. The molecule has 0 radical (unpaired) electrons. The zero-order chi connectivity index (χ0) is 27.7. The maximum atomic E-state index is 12.2. The van der Waals surface area contributed by atoms with Gasteiger partial charge in [-0.2, -0.15) is 0 Å². The summed E-state index contributed by atoms with van der Waals surface area (Å²) in [5.41, 5.74) is 4.63. The van der Waals surface area contributed by atoms with Crippen molar-refractivity contribution in [2.24, 2.45) is 0 Å². The average molecular weight is 552 g/mol. The SMILES string of the molecule is CC(Cc1cc(-c2cccc(CC(C(=O)O)c3ccc(S(C)(=O)=O)cc3)c2)c2ncccc2c1)S(C)(=O)=O. The van der Waals surface area contributed by atoms with Crippen LogP contribution >= 0.6 is 0 Å². The number of aliphatic carboxylic acids is 1. The first-order valence-corrected chi connectivity index (χ1v) is 15.9. The van der Waals surface area contributed by atoms with Crippen LogP contribution in [0.1, 0.15) is 29.5 Å². The van der Waals surface area contributed by atoms with Crippen molar-refractivity contribution in [3.05, 3.63) is 95.7 Å². The molecule has 0 amide bonds. The fourth-order valence-corrected chi connectivity index (χ4v) is 5.60. The first-order chi connectivity index (χ1) is 17.8. The summed E-state index contributed by atoms with van der Waals surface area (Å²) < 4.78 is 47.7. The number of carboxylic acids is 1. The minimum absolute atomic E-state index is 0.136. The molecule has 0 aliphatic rings. The Kier molecular flexibility index (Phi) is 7.71. The van der Waals surface area contributed by atoms with Gasteiger partial charge in [0.15, 0.2) is 9.84 Å². The van der Waals surface area contributed by atoms with Crippen molar-refractivity contribution < 1.29 is 26.7 Å². The van der Waals surface area contributed by atoms with Crippen molar-refractivity contribution in [1.29, 1.82) is 0 Å². The van der Waals surface area contributed by atoms with E-state index < -0.39 is 36.8 Å². The average Bonchev–Trinajstić information content (AvgIpc) is 2.86. The van der Waals surface area contributed by atoms with Crippen molar-refractivity contribution in [1.82, 2.24) is 4.98 Å². The molecule has 4 aromatic rings. The molecule has 198 valence electrons. The Balaban J connectivity index is 1.72. The van der Waals surface area contributed by atoms with Gasteiger partial charge in [-0.05, 0) is 72.4 Å². The molecule has 0 fully saturated rings. The molecule has 1 aromatic heterocycles. The van der Waals surface area contributed by atoms with Crippen molar-refractivity contribution in [3.8, 4) is 11.1 Å². The van der Waals surface area contributed by atoms with Crippen LogP contribution in [0, 0.1) is 0 Å². The van der Waals surface area contributed by atoms with E-state index in [-0.39, 0.29) is 11.3 Å². The Hall–Kier alpha value is -3.56. The number of benzene rings is 3. The number of pyridine rings is 1. The predicted molar refractivity (Wildman–Crippen MR) is 149 cm³/mol. The zero-order valence-electron chi connectivity index (χ0n) is 21.3. The van der Waals surface area contributed by atoms with Crippen LogP contribution in [0.3, 0.4) is 0 Å². The van der Waals surface area contributed by atoms with Crippen LogP contribution in [0.15, 0.2) is 83.9 Å². The normalized spacial score (nSPS) is 13.8. The van der Waals surface area contributed by atoms with Crippen LogP contribution in [0.2, 0.25) is 0 Å². The van der Waals surface area contributed by atoms with Gasteiger partial charge in [-0.3, -0.25) is 9.78 Å². The van der Waals surface area contributed by atoms with E-state index in [0.29, 0.717) is 12.0 Å². The smallest absolute Gasteiger partial charge is 0.311 e. The number of rotatable bonds is 9. The lowest BCUT2D eigenvalue weighted by molar-refractivity contribution is -0.138. The van der Waals surface area contributed by atoms with Crippen molar-refractivity contribution in [3.63, 3.8) is 0 Å². The van der Waals surface area contributed by atoms with Crippen LogP contribution in [0.25, 0.3) is 22.0 Å². The Morgan fingerprint density at radius 3 is 2.21 bits per heavy atom. The van der Waals surface area contributed by atoms with E-state index in [1.54, 1.807) is 25.3 Å². The number of carbonyl (C=O) groups is 1. The van der Waals surface area contributed by atoms with Crippen molar-refractivity contribution in [2.75, 3.05) is 12.5 Å². The first-order valence-electron chi connectivity index (χ1n) is 12.0. The highest BCUT2D eigenvalue weighted by molar-refractivity contribution is 7.91. The van der Waals surface area contributed by atoms with Gasteiger partial charge in [0.2, 0.25) is 0 Å². The maximum Gasteiger partial charge on any atom is 0.311 e. The highest BCUT2D eigenvalue weighted by atomic mass is 32.2. The van der Waals surface area contributed by atoms with Crippen LogP contribution in [0.5, 0.6) is 0 Å². The molecule has 0 aliphatic heterocycles. The largest absolute Gasteiger partial charge is 0.481 e. The van der Waals surface area contributed by atoms with Gasteiger partial charge in [0.25, 0.3) is 0 Å². The molecule has 3 aromatic carbocycles. The first kappa shape index (κ1) is 27.5. The summed E-state index contributed by atoms with van der Waals surface area (Å²) in [5, 5.41) is 10.3. The summed E-state index contributed by atoms with van der Waals surface area (Å²) >= 11 is 0. The molecule has 0 spiro atoms. The van der Waals surface area contributed by atoms with Gasteiger partial charge in [0, 0.05) is 29.7 Å². The molecule has 4 rings (SSSR count). The van der Waals surface area contributed by atoms with Gasteiger partial charge in [0.05, 0.1) is 21.6 Å². The summed E-state index contributed by atoms with van der Waals surface area (Å²) in [6.07, 6.45) is 4.61. The highest BCUT2D eigenvalue weighted by Crippen LogP contribution is 2.32. The number of hydrogen-bond donors (Lipinski definition) is 1. The summed E-state index contributed by atoms with van der Waals surface area (Å²) in [7, 11) is -6.59. The fourth-order valence-electron chi connectivity index (χ4n) is 4.47. The fraction of sp³-hybridized carbons (Fsp3) is 0.241. The third-order valence-corrected chi connectivity index (χ3v) is 9.46. The Bertz CT molecular complexity index is 1710. The maximum absolute atomic E-state index is 12.2. The molecular formula is C29H29NO6S2. The highest BCUT2D eigenvalue weighted by Gasteiger charge is 2.22. The number of aromatic nitrogens is 1. The van der Waals surface area contributed by atoms with Gasteiger partial charge in [-0.15, -0.1) is 0 Å². The van der Waals surface area contributed by atoms with Crippen LogP contribution in [0.4, 0.5) is 0 Å². The van der Waals surface area contributed by atoms with Gasteiger partial charge in [-0.25, -0.2) is 16.8 Å². The van der Waals surface area contributed by atoms with Gasteiger partial charge < -0.3 is 5.11 Å². The van der Waals surface area contributed by atoms with E-state index in [2.05, 4.69) is 4.98 Å². The van der Waals surface area contributed by atoms with E-state index in [1.807, 2.05) is 48.5 Å². The third-order valence-electron chi connectivity index (χ3n) is 6.71. The second-order valence-corrected chi connectivity index (χ2v) is 14.2. The van der Waals surface area contributed by atoms with Gasteiger partial charge in [-0.1, -0.05) is 42.5 Å². The van der Waals surface area contributed by atoms with E-state index in [4.69, 9.17) is 0 Å². The van der Waals surface area contributed by atoms with Crippen LogP contribution in [-0.4, -0.2) is 50.7 Å². The second-order valence-electron chi connectivity index (χ2n) is 9.70. The third kappa shape index (κ3) is 6.28. The number of fused-ring (bicyclic) bond motifs is 1. The molecule has 9 heteroatoms. The Labute approximate surface area is 223 Å². The molecule has 38 heavy (non-hydrogen) atoms. The second kappa shape index (κ2) is 10.7. The standard InChI is InChI=1S/C29H29NO6S2/c1-19(37(2,33)34)14-21-16-24-8-5-13-30-28(24)26(18-21)23-7-4-6-20(15-23)17-27(29(31)32)22-9-11-25(12-10-22)38(3,35)36/h4-13,15-16,18-19,27H,14,17H2,1-3H3,(H,31,32). The number of nitrogens with zero attached hydrogens (tertiary/aromatic N) is 1. The van der Waals surface area contributed by atoms with Crippen molar-refractivity contribution in [2.45, 2.75) is 35.8 Å². The summed E-state index contributed by atoms with van der Waals surface area (Å²) in [6.45, 7) is 1.69. The minimum atomic E-state index is -3.38. The zero-order valence-corrected chi connectivity index (χ0v) is 23.0. The topological polar surface area (TPSA) is 118 Å². The minimum Gasteiger partial charge on any atom is -0.481 e. The molecule has 1 heterocycles. The molecule has 0 saturated heterocycles.